The summed E-state index contributed by atoms with van der Waals surface area (Å²) < 4.78 is 10.5. The van der Waals surface area contributed by atoms with Crippen molar-refractivity contribution in [1.29, 1.82) is 0 Å². The molecule has 0 aromatic heterocycles. The molecule has 0 aliphatic carbocycles. The van der Waals surface area contributed by atoms with Gasteiger partial charge >= 0.3 is 5.97 Å². The summed E-state index contributed by atoms with van der Waals surface area (Å²) in [7, 11) is 1.50. The van der Waals surface area contributed by atoms with Gasteiger partial charge in [-0.15, -0.1) is 0 Å². The minimum Gasteiger partial charge on any atom is -0.507 e. The molecule has 7 nitrogen and oxygen atoms in total. The number of carbonyl (C=O) groups is 3. The minimum absolute atomic E-state index is 0.0672. The van der Waals surface area contributed by atoms with E-state index in [0.717, 1.165) is 11.1 Å². The van der Waals surface area contributed by atoms with Crippen molar-refractivity contribution in [2.24, 2.45) is 0 Å². The number of benzene rings is 3. The monoisotopic (exact) mass is 471 g/mol. The van der Waals surface area contributed by atoms with E-state index >= 15 is 0 Å². The van der Waals surface area contributed by atoms with Gasteiger partial charge in [-0.25, -0.2) is 0 Å². The van der Waals surface area contributed by atoms with E-state index in [9.17, 15) is 19.5 Å². The lowest BCUT2D eigenvalue weighted by Crippen LogP contribution is -2.29. The Kier molecular flexibility index (Phi) is 6.42. The van der Waals surface area contributed by atoms with E-state index in [-0.39, 0.29) is 17.1 Å². The number of Topliss-reactive ketones (excluding diaryl/α,β-unsaturated/α-hetero) is 1. The summed E-state index contributed by atoms with van der Waals surface area (Å²) in [4.78, 5) is 39.6. The summed E-state index contributed by atoms with van der Waals surface area (Å²) in [6.07, 6.45) is 0. The van der Waals surface area contributed by atoms with Crippen molar-refractivity contribution >= 4 is 29.1 Å². The van der Waals surface area contributed by atoms with Gasteiger partial charge in [0.1, 0.15) is 17.3 Å². The molecular weight excluding hydrogens is 446 g/mol. The first kappa shape index (κ1) is 23.8. The molecule has 7 heteroatoms. The van der Waals surface area contributed by atoms with Crippen LogP contribution in [0, 0.1) is 13.8 Å². The first-order valence-electron chi connectivity index (χ1n) is 11.0. The maximum Gasteiger partial charge on any atom is 0.308 e. The SMILES string of the molecule is COc1cccc(/C(O)=C2\C(=O)C(=O)N(c3cc(C)cc(C)c3)C2c2cccc(OC(C)=O)c2)c1. The highest BCUT2D eigenvalue weighted by molar-refractivity contribution is 6.51. The molecule has 0 bridgehead atoms. The average molecular weight is 472 g/mol. The minimum atomic E-state index is -0.946. The summed E-state index contributed by atoms with van der Waals surface area (Å²) in [6, 6.07) is 17.8. The standard InChI is InChI=1S/C28H25NO6/c1-16-11-17(2)13-21(12-16)29-25(19-7-5-10-23(14-19)35-18(3)30)24(27(32)28(29)33)26(31)20-8-6-9-22(15-20)34-4/h5-15,25,31H,1-4H3/b26-24+. The number of esters is 1. The predicted octanol–water partition coefficient (Wildman–Crippen LogP) is 4.86. The van der Waals surface area contributed by atoms with Gasteiger partial charge in [-0.1, -0.05) is 30.3 Å². The summed E-state index contributed by atoms with van der Waals surface area (Å²) >= 11 is 0. The molecule has 178 valence electrons. The van der Waals surface area contributed by atoms with Crippen LogP contribution in [0.3, 0.4) is 0 Å². The van der Waals surface area contributed by atoms with E-state index in [1.807, 2.05) is 32.0 Å². The highest BCUT2D eigenvalue weighted by Crippen LogP contribution is 2.43. The highest BCUT2D eigenvalue weighted by atomic mass is 16.5. The number of aliphatic hydroxyl groups is 1. The van der Waals surface area contributed by atoms with Gasteiger partial charge < -0.3 is 14.6 Å². The third kappa shape index (κ3) is 4.66. The molecular formula is C28H25NO6. The smallest absolute Gasteiger partial charge is 0.308 e. The number of carbonyl (C=O) groups excluding carboxylic acids is 3. The van der Waals surface area contributed by atoms with Crippen molar-refractivity contribution in [3.05, 3.63) is 94.6 Å². The Morgan fingerprint density at radius 3 is 2.23 bits per heavy atom. The first-order valence-corrected chi connectivity index (χ1v) is 11.0. The number of nitrogens with zero attached hydrogens (tertiary/aromatic N) is 1. The number of amides is 1. The number of anilines is 1. The molecule has 1 unspecified atom stereocenters. The second-order valence-corrected chi connectivity index (χ2v) is 8.41. The molecule has 0 saturated carbocycles. The fourth-order valence-corrected chi connectivity index (χ4v) is 4.34. The largest absolute Gasteiger partial charge is 0.507 e. The van der Waals surface area contributed by atoms with Gasteiger partial charge in [-0.3, -0.25) is 19.3 Å². The summed E-state index contributed by atoms with van der Waals surface area (Å²) in [5, 5.41) is 11.3. The topological polar surface area (TPSA) is 93.1 Å². The lowest BCUT2D eigenvalue weighted by atomic mass is 9.94. The zero-order valence-corrected chi connectivity index (χ0v) is 19.9. The van der Waals surface area contributed by atoms with Gasteiger partial charge in [0.05, 0.1) is 18.7 Å². The molecule has 1 aliphatic rings. The number of hydrogen-bond acceptors (Lipinski definition) is 6. The second kappa shape index (κ2) is 9.46. The average Bonchev–Trinajstić information content (AvgIpc) is 3.08. The Morgan fingerprint density at radius 1 is 0.914 bits per heavy atom. The lowest BCUT2D eigenvalue weighted by Gasteiger charge is -2.26. The third-order valence-electron chi connectivity index (χ3n) is 5.71. The van der Waals surface area contributed by atoms with Gasteiger partial charge in [0, 0.05) is 18.2 Å². The van der Waals surface area contributed by atoms with Crippen LogP contribution >= 0.6 is 0 Å². The summed E-state index contributed by atoms with van der Waals surface area (Å²) in [5.74, 6) is -1.64. The van der Waals surface area contributed by atoms with E-state index < -0.39 is 23.7 Å². The number of ether oxygens (including phenoxy) is 2. The number of ketones is 1. The van der Waals surface area contributed by atoms with Crippen LogP contribution in [0.4, 0.5) is 5.69 Å². The molecule has 3 aromatic carbocycles. The van der Waals surface area contributed by atoms with Gasteiger partial charge in [0.15, 0.2) is 0 Å². The maximum atomic E-state index is 13.4. The van der Waals surface area contributed by atoms with Crippen molar-refractivity contribution in [1.82, 2.24) is 0 Å². The molecule has 0 spiro atoms. The van der Waals surface area contributed by atoms with E-state index in [0.29, 0.717) is 22.6 Å². The van der Waals surface area contributed by atoms with Crippen molar-refractivity contribution in [2.45, 2.75) is 26.8 Å². The van der Waals surface area contributed by atoms with Crippen molar-refractivity contribution < 1.29 is 29.0 Å². The molecule has 3 aromatic rings. The molecule has 1 fully saturated rings. The second-order valence-electron chi connectivity index (χ2n) is 8.41. The molecule has 4 rings (SSSR count). The Balaban J connectivity index is 1.97. The van der Waals surface area contributed by atoms with Crippen LogP contribution in [-0.4, -0.2) is 29.9 Å². The number of aliphatic hydroxyl groups excluding tert-OH is 1. The normalized spacial score (nSPS) is 16.9. The van der Waals surface area contributed by atoms with Crippen molar-refractivity contribution in [3.63, 3.8) is 0 Å². The van der Waals surface area contributed by atoms with Crippen LogP contribution in [0.1, 0.15) is 35.2 Å². The fourth-order valence-electron chi connectivity index (χ4n) is 4.34. The lowest BCUT2D eigenvalue weighted by molar-refractivity contribution is -0.132. The van der Waals surface area contributed by atoms with Crippen LogP contribution in [0.25, 0.3) is 5.76 Å². The van der Waals surface area contributed by atoms with E-state index in [2.05, 4.69) is 0 Å². The number of aryl methyl sites for hydroxylation is 2. The zero-order chi connectivity index (χ0) is 25.3. The zero-order valence-electron chi connectivity index (χ0n) is 19.9. The Labute approximate surface area is 203 Å². The van der Waals surface area contributed by atoms with Gasteiger partial charge in [0.2, 0.25) is 0 Å². The Bertz CT molecular complexity index is 1350. The Hall–Kier alpha value is -4.39. The molecule has 1 aliphatic heterocycles. The Morgan fingerprint density at radius 2 is 1.57 bits per heavy atom. The van der Waals surface area contributed by atoms with Gasteiger partial charge in [-0.2, -0.15) is 0 Å². The fraction of sp³-hybridized carbons (Fsp3) is 0.179. The number of rotatable bonds is 5. The molecule has 0 radical (unpaired) electrons. The van der Waals surface area contributed by atoms with Crippen LogP contribution < -0.4 is 14.4 Å². The molecule has 1 heterocycles. The first-order chi connectivity index (χ1) is 16.7. The maximum absolute atomic E-state index is 13.4. The third-order valence-corrected chi connectivity index (χ3v) is 5.71. The quantitative estimate of drug-likeness (QED) is 0.188. The van der Waals surface area contributed by atoms with Crippen molar-refractivity contribution in [3.8, 4) is 11.5 Å². The number of methoxy groups -OCH3 is 1. The van der Waals surface area contributed by atoms with E-state index in [4.69, 9.17) is 9.47 Å². The van der Waals surface area contributed by atoms with Crippen LogP contribution in [0.2, 0.25) is 0 Å². The molecule has 1 N–H and O–H groups in total. The molecule has 1 amide bonds. The van der Waals surface area contributed by atoms with Crippen LogP contribution in [-0.2, 0) is 14.4 Å². The summed E-state index contributed by atoms with van der Waals surface area (Å²) in [5.41, 5.74) is 3.14. The highest BCUT2D eigenvalue weighted by Gasteiger charge is 2.47. The van der Waals surface area contributed by atoms with Gasteiger partial charge in [0.25, 0.3) is 11.7 Å². The van der Waals surface area contributed by atoms with E-state index in [1.54, 1.807) is 48.5 Å². The van der Waals surface area contributed by atoms with E-state index in [1.165, 1.54) is 18.9 Å². The van der Waals surface area contributed by atoms with Crippen molar-refractivity contribution in [2.75, 3.05) is 12.0 Å². The van der Waals surface area contributed by atoms with Crippen LogP contribution in [0.15, 0.2) is 72.3 Å². The molecule has 1 saturated heterocycles. The summed E-state index contributed by atoms with van der Waals surface area (Å²) in [6.45, 7) is 5.09. The van der Waals surface area contributed by atoms with Crippen LogP contribution in [0.5, 0.6) is 11.5 Å². The number of hydrogen-bond donors (Lipinski definition) is 1. The predicted molar refractivity (Wildman–Crippen MR) is 131 cm³/mol. The van der Waals surface area contributed by atoms with Gasteiger partial charge in [-0.05, 0) is 66.9 Å². The molecule has 1 atom stereocenters. The molecule has 35 heavy (non-hydrogen) atoms.